The lowest BCUT2D eigenvalue weighted by Crippen LogP contribution is -2.52. The number of hydrogen-bond donors (Lipinski definition) is 1. The number of halogens is 3. The van der Waals surface area contributed by atoms with E-state index in [2.05, 4.69) is 25.5 Å². The number of benzene rings is 1. The van der Waals surface area contributed by atoms with E-state index in [1.54, 1.807) is 0 Å². The first-order valence-corrected chi connectivity index (χ1v) is 10.3. The maximum atomic E-state index is 12.9. The van der Waals surface area contributed by atoms with Crippen LogP contribution >= 0.6 is 34.8 Å². The normalized spacial score (nSPS) is 32.4. The first kappa shape index (κ1) is 17.8. The molecule has 0 aliphatic heterocycles. The third kappa shape index (κ3) is 2.81. The van der Waals surface area contributed by atoms with E-state index in [-0.39, 0.29) is 36.8 Å². The van der Waals surface area contributed by atoms with Gasteiger partial charge in [-0.05, 0) is 48.1 Å². The molecule has 7 heteroatoms. The van der Waals surface area contributed by atoms with Crippen LogP contribution in [0.5, 0.6) is 0 Å². The second-order valence-electron chi connectivity index (χ2n) is 7.67. The van der Waals surface area contributed by atoms with Crippen molar-refractivity contribution in [1.29, 1.82) is 0 Å². The van der Waals surface area contributed by atoms with Crippen LogP contribution in [0.2, 0.25) is 15.1 Å². The molecule has 0 heterocycles. The van der Waals surface area contributed by atoms with E-state index in [1.165, 1.54) is 12.1 Å². The van der Waals surface area contributed by atoms with E-state index < -0.39 is 10.0 Å². The minimum atomic E-state index is -3.77. The lowest BCUT2D eigenvalue weighted by atomic mass is 9.69. The van der Waals surface area contributed by atoms with Gasteiger partial charge in [-0.1, -0.05) is 55.6 Å². The van der Waals surface area contributed by atoms with Crippen molar-refractivity contribution in [2.45, 2.75) is 51.0 Å². The van der Waals surface area contributed by atoms with Crippen LogP contribution in [0.25, 0.3) is 0 Å². The van der Waals surface area contributed by atoms with Gasteiger partial charge in [-0.3, -0.25) is 0 Å². The van der Waals surface area contributed by atoms with Gasteiger partial charge < -0.3 is 0 Å². The molecule has 2 fully saturated rings. The first-order valence-electron chi connectivity index (χ1n) is 7.64. The molecular formula is C16H20Cl3NO2S. The van der Waals surface area contributed by atoms with Crippen LogP contribution in [0.15, 0.2) is 17.0 Å². The zero-order chi connectivity index (χ0) is 17.2. The number of nitrogens with one attached hydrogen (secondary N) is 1. The van der Waals surface area contributed by atoms with Crippen LogP contribution in [0, 0.1) is 16.7 Å². The van der Waals surface area contributed by atoms with Gasteiger partial charge in [0, 0.05) is 6.04 Å². The average molecular weight is 397 g/mol. The SMILES string of the molecule is CC1(C)[C@H]2CC[C@](C)(C2)[C@@H]1NS(=O)(=O)c1cc(Cl)c(Cl)cc1Cl. The zero-order valence-electron chi connectivity index (χ0n) is 13.3. The minimum Gasteiger partial charge on any atom is -0.207 e. The fourth-order valence-corrected chi connectivity index (χ4v) is 7.06. The van der Waals surface area contributed by atoms with Crippen molar-refractivity contribution in [3.63, 3.8) is 0 Å². The molecular weight excluding hydrogens is 377 g/mol. The van der Waals surface area contributed by atoms with Crippen LogP contribution in [-0.2, 0) is 10.0 Å². The maximum absolute atomic E-state index is 12.9. The lowest BCUT2D eigenvalue weighted by molar-refractivity contribution is 0.127. The molecule has 0 spiro atoms. The molecule has 0 unspecified atom stereocenters. The van der Waals surface area contributed by atoms with Crippen LogP contribution in [0.3, 0.4) is 0 Å². The molecule has 0 aromatic heterocycles. The molecule has 1 aromatic carbocycles. The van der Waals surface area contributed by atoms with Crippen molar-refractivity contribution in [2.24, 2.45) is 16.7 Å². The summed E-state index contributed by atoms with van der Waals surface area (Å²) in [5.41, 5.74) is -0.0906. The smallest absolute Gasteiger partial charge is 0.207 e. The van der Waals surface area contributed by atoms with E-state index >= 15 is 0 Å². The summed E-state index contributed by atoms with van der Waals surface area (Å²) in [7, 11) is -3.77. The highest BCUT2D eigenvalue weighted by Crippen LogP contribution is 2.62. The summed E-state index contributed by atoms with van der Waals surface area (Å²) < 4.78 is 28.7. The highest BCUT2D eigenvalue weighted by Gasteiger charge is 2.60. The van der Waals surface area contributed by atoms with Crippen LogP contribution in [0.1, 0.15) is 40.0 Å². The monoisotopic (exact) mass is 395 g/mol. The van der Waals surface area contributed by atoms with Gasteiger partial charge in [0.15, 0.2) is 0 Å². The number of rotatable bonds is 3. The molecule has 3 atom stereocenters. The molecule has 2 bridgehead atoms. The van der Waals surface area contributed by atoms with Gasteiger partial charge in [0.1, 0.15) is 4.90 Å². The minimum absolute atomic E-state index is 0.00999. The third-order valence-electron chi connectivity index (χ3n) is 5.81. The van der Waals surface area contributed by atoms with Crippen molar-refractivity contribution in [3.8, 4) is 0 Å². The molecule has 128 valence electrons. The highest BCUT2D eigenvalue weighted by molar-refractivity contribution is 7.89. The maximum Gasteiger partial charge on any atom is 0.242 e. The molecule has 23 heavy (non-hydrogen) atoms. The molecule has 3 nitrogen and oxygen atoms in total. The van der Waals surface area contributed by atoms with Gasteiger partial charge >= 0.3 is 0 Å². The van der Waals surface area contributed by atoms with E-state index in [4.69, 9.17) is 34.8 Å². The molecule has 1 N–H and O–H groups in total. The average Bonchev–Trinajstić information content (AvgIpc) is 2.90. The molecule has 0 amide bonds. The standard InChI is InChI=1S/C16H20Cl3NO2S/c1-15(2)9-4-5-16(3,8-9)14(15)20-23(21,22)13-7-11(18)10(17)6-12(13)19/h6-7,9,14,20H,4-5,8H2,1-3H3/t9-,14+,16+/m0/s1. The Bertz CT molecular complexity index is 758. The molecule has 0 saturated heterocycles. The zero-order valence-corrected chi connectivity index (χ0v) is 16.4. The van der Waals surface area contributed by atoms with E-state index in [9.17, 15) is 8.42 Å². The predicted molar refractivity (Wildman–Crippen MR) is 94.8 cm³/mol. The largest absolute Gasteiger partial charge is 0.242 e. The Labute approximate surface area is 152 Å². The van der Waals surface area contributed by atoms with Crippen molar-refractivity contribution < 1.29 is 8.42 Å². The lowest BCUT2D eigenvalue weighted by Gasteiger charge is -2.42. The van der Waals surface area contributed by atoms with Crippen molar-refractivity contribution in [1.82, 2.24) is 4.72 Å². The summed E-state index contributed by atoms with van der Waals surface area (Å²) >= 11 is 18.0. The number of fused-ring (bicyclic) bond motifs is 2. The van der Waals surface area contributed by atoms with Gasteiger partial charge in [0.05, 0.1) is 15.1 Å². The van der Waals surface area contributed by atoms with Crippen LogP contribution in [-0.4, -0.2) is 14.5 Å². The van der Waals surface area contributed by atoms with Crippen LogP contribution in [0.4, 0.5) is 0 Å². The van der Waals surface area contributed by atoms with Gasteiger partial charge in [-0.15, -0.1) is 0 Å². The quantitative estimate of drug-likeness (QED) is 0.719. The van der Waals surface area contributed by atoms with E-state index in [0.717, 1.165) is 19.3 Å². The highest BCUT2D eigenvalue weighted by atomic mass is 35.5. The van der Waals surface area contributed by atoms with Crippen molar-refractivity contribution >= 4 is 44.8 Å². The summed E-state index contributed by atoms with van der Waals surface area (Å²) in [4.78, 5) is -0.0178. The fraction of sp³-hybridized carbons (Fsp3) is 0.625. The summed E-state index contributed by atoms with van der Waals surface area (Å²) in [5, 5.41) is 0.496. The second-order valence-corrected chi connectivity index (χ2v) is 10.6. The summed E-state index contributed by atoms with van der Waals surface area (Å²) in [6, 6.07) is 2.56. The van der Waals surface area contributed by atoms with E-state index in [1.807, 2.05) is 0 Å². The summed E-state index contributed by atoms with van der Waals surface area (Å²) in [6.45, 7) is 6.46. The first-order chi connectivity index (χ1) is 10.5. The topological polar surface area (TPSA) is 46.2 Å². The molecule has 1 aromatic rings. The summed E-state index contributed by atoms with van der Waals surface area (Å²) in [6.07, 6.45) is 3.26. The Morgan fingerprint density at radius 3 is 2.26 bits per heavy atom. The summed E-state index contributed by atoms with van der Waals surface area (Å²) in [5.74, 6) is 0.546. The number of sulfonamides is 1. The Hall–Kier alpha value is -0.000000000000000111. The molecule has 2 aliphatic rings. The van der Waals surface area contributed by atoms with Crippen molar-refractivity contribution in [2.75, 3.05) is 0 Å². The van der Waals surface area contributed by atoms with Crippen molar-refractivity contribution in [3.05, 3.63) is 27.2 Å². The second kappa shape index (κ2) is 5.50. The molecule has 2 saturated carbocycles. The Kier molecular flexibility index (Phi) is 4.26. The Morgan fingerprint density at radius 1 is 1.09 bits per heavy atom. The molecule has 2 aliphatic carbocycles. The van der Waals surface area contributed by atoms with E-state index in [0.29, 0.717) is 5.92 Å². The molecule has 0 radical (unpaired) electrons. The van der Waals surface area contributed by atoms with Gasteiger partial charge in [0.25, 0.3) is 0 Å². The van der Waals surface area contributed by atoms with Gasteiger partial charge in [-0.25, -0.2) is 13.1 Å². The molecule has 3 rings (SSSR count). The fourth-order valence-electron chi connectivity index (χ4n) is 4.53. The predicted octanol–water partition coefficient (Wildman–Crippen LogP) is 5.14. The Balaban J connectivity index is 1.98. The Morgan fingerprint density at radius 2 is 1.70 bits per heavy atom. The van der Waals surface area contributed by atoms with Gasteiger partial charge in [0.2, 0.25) is 10.0 Å². The van der Waals surface area contributed by atoms with Crippen LogP contribution < -0.4 is 4.72 Å². The third-order valence-corrected chi connectivity index (χ3v) is 8.42. The number of hydrogen-bond acceptors (Lipinski definition) is 2. The van der Waals surface area contributed by atoms with Gasteiger partial charge in [-0.2, -0.15) is 0 Å².